The highest BCUT2D eigenvalue weighted by Gasteiger charge is 2.30. The van der Waals surface area contributed by atoms with E-state index >= 15 is 0 Å². The van der Waals surface area contributed by atoms with Crippen LogP contribution in [0.2, 0.25) is 0 Å². The second kappa shape index (κ2) is 5.42. The third-order valence-electron chi connectivity index (χ3n) is 3.60. The second-order valence-electron chi connectivity index (χ2n) is 6.23. The zero-order valence-electron chi connectivity index (χ0n) is 12.2. The molecule has 6 nitrogen and oxygen atoms in total. The van der Waals surface area contributed by atoms with Gasteiger partial charge in [-0.3, -0.25) is 0 Å². The molecule has 0 bridgehead atoms. The first kappa shape index (κ1) is 13.4. The number of nitrogens with two attached hydrogens (primary N) is 1. The zero-order chi connectivity index (χ0) is 14.1. The van der Waals surface area contributed by atoms with Crippen molar-refractivity contribution in [2.24, 2.45) is 11.8 Å². The van der Waals surface area contributed by atoms with Crippen LogP contribution in [-0.4, -0.2) is 34.1 Å². The van der Waals surface area contributed by atoms with Gasteiger partial charge in [0.25, 0.3) is 0 Å². The fourth-order valence-electron chi connectivity index (χ4n) is 2.23. The number of rotatable bonds is 7. The number of nitrogen functional groups attached to an aromatic ring is 1. The number of hydrogen-bond donors (Lipinski definition) is 1. The first-order chi connectivity index (χ1) is 9.60. The minimum atomic E-state index is 0.0324. The third kappa shape index (κ3) is 3.71. The highest BCUT2D eigenvalue weighted by Crippen LogP contribution is 2.35. The van der Waals surface area contributed by atoms with Gasteiger partial charge in [-0.15, -0.1) is 0 Å². The standard InChI is InChI=1S/C14H23N5O/c1-9(2)20-14-17-12(15)16-13(18-14)19(7-10-3-4-10)8-11-5-6-11/h9-11H,3-8H2,1-2H3,(H2,15,16,17,18). The molecule has 0 radical (unpaired) electrons. The molecule has 20 heavy (non-hydrogen) atoms. The summed E-state index contributed by atoms with van der Waals surface area (Å²) in [6, 6.07) is 0.332. The Kier molecular flexibility index (Phi) is 3.63. The number of anilines is 2. The maximum Gasteiger partial charge on any atom is 0.323 e. The minimum Gasteiger partial charge on any atom is -0.461 e. The van der Waals surface area contributed by atoms with Crippen LogP contribution in [0.4, 0.5) is 11.9 Å². The van der Waals surface area contributed by atoms with Crippen molar-refractivity contribution >= 4 is 11.9 Å². The number of nitrogens with zero attached hydrogens (tertiary/aromatic N) is 4. The molecule has 0 aromatic carbocycles. The van der Waals surface area contributed by atoms with Gasteiger partial charge in [0.15, 0.2) is 0 Å². The first-order valence-corrected chi connectivity index (χ1v) is 7.53. The average Bonchev–Trinajstić information content (AvgIpc) is 3.21. The quantitative estimate of drug-likeness (QED) is 0.819. The van der Waals surface area contributed by atoms with Crippen LogP contribution >= 0.6 is 0 Å². The van der Waals surface area contributed by atoms with Gasteiger partial charge in [0.2, 0.25) is 11.9 Å². The Hall–Kier alpha value is -1.59. The molecule has 0 saturated heterocycles. The molecule has 2 saturated carbocycles. The first-order valence-electron chi connectivity index (χ1n) is 7.53. The molecule has 3 rings (SSSR count). The molecule has 0 amide bonds. The Morgan fingerprint density at radius 2 is 1.70 bits per heavy atom. The highest BCUT2D eigenvalue weighted by atomic mass is 16.5. The van der Waals surface area contributed by atoms with Crippen molar-refractivity contribution in [1.29, 1.82) is 0 Å². The maximum absolute atomic E-state index is 5.80. The number of aromatic nitrogens is 3. The lowest BCUT2D eigenvalue weighted by Crippen LogP contribution is -2.30. The summed E-state index contributed by atoms with van der Waals surface area (Å²) < 4.78 is 5.56. The SMILES string of the molecule is CC(C)Oc1nc(N)nc(N(CC2CC2)CC2CC2)n1. The van der Waals surface area contributed by atoms with Crippen LogP contribution in [0.25, 0.3) is 0 Å². The van der Waals surface area contributed by atoms with E-state index in [0.29, 0.717) is 12.0 Å². The summed E-state index contributed by atoms with van der Waals surface area (Å²) in [4.78, 5) is 15.1. The Morgan fingerprint density at radius 3 is 2.20 bits per heavy atom. The summed E-state index contributed by atoms with van der Waals surface area (Å²) in [6.45, 7) is 5.96. The van der Waals surface area contributed by atoms with E-state index in [1.54, 1.807) is 0 Å². The van der Waals surface area contributed by atoms with Crippen molar-refractivity contribution in [3.63, 3.8) is 0 Å². The van der Waals surface area contributed by atoms with E-state index in [1.807, 2.05) is 13.8 Å². The normalized spacial score (nSPS) is 18.4. The van der Waals surface area contributed by atoms with Crippen molar-refractivity contribution in [2.75, 3.05) is 23.7 Å². The fourth-order valence-corrected chi connectivity index (χ4v) is 2.23. The predicted octanol–water partition coefficient (Wildman–Crippen LogP) is 1.87. The summed E-state index contributed by atoms with van der Waals surface area (Å²) in [5, 5.41) is 0. The van der Waals surface area contributed by atoms with Gasteiger partial charge in [0, 0.05) is 13.1 Å². The molecular formula is C14H23N5O. The van der Waals surface area contributed by atoms with Crippen LogP contribution in [0.5, 0.6) is 6.01 Å². The van der Waals surface area contributed by atoms with E-state index in [0.717, 1.165) is 24.9 Å². The molecule has 6 heteroatoms. The van der Waals surface area contributed by atoms with E-state index in [9.17, 15) is 0 Å². The number of ether oxygens (including phenoxy) is 1. The molecule has 2 N–H and O–H groups in total. The average molecular weight is 277 g/mol. The molecule has 0 atom stereocenters. The van der Waals surface area contributed by atoms with Crippen LogP contribution in [0.1, 0.15) is 39.5 Å². The minimum absolute atomic E-state index is 0.0324. The molecule has 2 aliphatic rings. The van der Waals surface area contributed by atoms with Crippen LogP contribution < -0.4 is 15.4 Å². The largest absolute Gasteiger partial charge is 0.461 e. The highest BCUT2D eigenvalue weighted by molar-refractivity contribution is 5.36. The van der Waals surface area contributed by atoms with E-state index in [-0.39, 0.29) is 12.1 Å². The molecule has 0 unspecified atom stereocenters. The summed E-state index contributed by atoms with van der Waals surface area (Å²) in [7, 11) is 0. The van der Waals surface area contributed by atoms with Gasteiger partial charge in [-0.1, -0.05) is 0 Å². The van der Waals surface area contributed by atoms with Crippen LogP contribution in [0.15, 0.2) is 0 Å². The smallest absolute Gasteiger partial charge is 0.323 e. The van der Waals surface area contributed by atoms with Crippen molar-refractivity contribution < 1.29 is 4.74 Å². The van der Waals surface area contributed by atoms with Crippen LogP contribution in [-0.2, 0) is 0 Å². The molecule has 2 fully saturated rings. The van der Waals surface area contributed by atoms with Crippen molar-refractivity contribution in [3.8, 4) is 6.01 Å². The van der Waals surface area contributed by atoms with Gasteiger partial charge in [0.05, 0.1) is 6.10 Å². The van der Waals surface area contributed by atoms with E-state index in [2.05, 4.69) is 19.9 Å². The second-order valence-corrected chi connectivity index (χ2v) is 6.23. The Balaban J connectivity index is 1.77. The van der Waals surface area contributed by atoms with Crippen molar-refractivity contribution in [3.05, 3.63) is 0 Å². The Labute approximate surface area is 119 Å². The topological polar surface area (TPSA) is 77.2 Å². The molecule has 1 aromatic rings. The van der Waals surface area contributed by atoms with Gasteiger partial charge in [-0.25, -0.2) is 0 Å². The molecule has 110 valence electrons. The molecule has 1 aromatic heterocycles. The third-order valence-corrected chi connectivity index (χ3v) is 3.60. The molecule has 0 spiro atoms. The number of hydrogen-bond acceptors (Lipinski definition) is 6. The fraction of sp³-hybridized carbons (Fsp3) is 0.786. The molecular weight excluding hydrogens is 254 g/mol. The van der Waals surface area contributed by atoms with Gasteiger partial charge in [-0.2, -0.15) is 15.0 Å². The van der Waals surface area contributed by atoms with Crippen molar-refractivity contribution in [2.45, 2.75) is 45.6 Å². The van der Waals surface area contributed by atoms with Crippen molar-refractivity contribution in [1.82, 2.24) is 15.0 Å². The van der Waals surface area contributed by atoms with Crippen LogP contribution in [0.3, 0.4) is 0 Å². The van der Waals surface area contributed by atoms with E-state index in [4.69, 9.17) is 10.5 Å². The lowest BCUT2D eigenvalue weighted by Gasteiger charge is -2.23. The summed E-state index contributed by atoms with van der Waals surface area (Å²) in [6.07, 6.45) is 5.30. The summed E-state index contributed by atoms with van der Waals surface area (Å²) >= 11 is 0. The van der Waals surface area contributed by atoms with Gasteiger partial charge in [-0.05, 0) is 51.4 Å². The van der Waals surface area contributed by atoms with Crippen LogP contribution in [0, 0.1) is 11.8 Å². The summed E-state index contributed by atoms with van der Waals surface area (Å²) in [5.41, 5.74) is 5.80. The predicted molar refractivity (Wildman–Crippen MR) is 77.7 cm³/mol. The lowest BCUT2D eigenvalue weighted by molar-refractivity contribution is 0.222. The van der Waals surface area contributed by atoms with E-state index < -0.39 is 0 Å². The molecule has 2 aliphatic carbocycles. The van der Waals surface area contributed by atoms with Gasteiger partial charge in [0.1, 0.15) is 0 Å². The van der Waals surface area contributed by atoms with Gasteiger partial charge < -0.3 is 15.4 Å². The zero-order valence-corrected chi connectivity index (χ0v) is 12.2. The summed E-state index contributed by atoms with van der Waals surface area (Å²) in [5.74, 6) is 2.50. The molecule has 1 heterocycles. The maximum atomic E-state index is 5.80. The monoisotopic (exact) mass is 277 g/mol. The lowest BCUT2D eigenvalue weighted by atomic mass is 10.3. The molecule has 0 aliphatic heterocycles. The van der Waals surface area contributed by atoms with E-state index in [1.165, 1.54) is 25.7 Å². The van der Waals surface area contributed by atoms with Gasteiger partial charge >= 0.3 is 6.01 Å². The Morgan fingerprint density at radius 1 is 1.10 bits per heavy atom. The Bertz CT molecular complexity index is 457.